The van der Waals surface area contributed by atoms with Crippen LogP contribution < -0.4 is 5.32 Å². The fourth-order valence-corrected chi connectivity index (χ4v) is 5.17. The summed E-state index contributed by atoms with van der Waals surface area (Å²) in [7, 11) is 0. The van der Waals surface area contributed by atoms with Crippen LogP contribution in [0, 0.1) is 16.0 Å². The molecule has 180 valence electrons. The number of nitro groups is 1. The van der Waals surface area contributed by atoms with E-state index in [0.717, 1.165) is 32.1 Å². The minimum absolute atomic E-state index is 0.0845. The topological polar surface area (TPSA) is 95.8 Å². The second-order valence-electron chi connectivity index (χ2n) is 9.15. The van der Waals surface area contributed by atoms with Gasteiger partial charge >= 0.3 is 0 Å². The van der Waals surface area contributed by atoms with Crippen molar-refractivity contribution in [2.24, 2.45) is 5.92 Å². The van der Waals surface area contributed by atoms with Crippen LogP contribution in [0.15, 0.2) is 54.6 Å². The van der Waals surface area contributed by atoms with Crippen molar-refractivity contribution in [2.75, 3.05) is 32.7 Å². The molecule has 0 spiro atoms. The van der Waals surface area contributed by atoms with Gasteiger partial charge in [-0.1, -0.05) is 49.2 Å². The fraction of sp³-hybridized carbons (Fsp3) is 0.462. The van der Waals surface area contributed by atoms with Gasteiger partial charge in [0.15, 0.2) is 0 Å². The molecule has 0 bridgehead atoms. The molecule has 4 rings (SSSR count). The van der Waals surface area contributed by atoms with Gasteiger partial charge in [0, 0.05) is 50.4 Å². The lowest BCUT2D eigenvalue weighted by atomic mass is 9.94. The van der Waals surface area contributed by atoms with Crippen LogP contribution in [0.2, 0.25) is 0 Å². The van der Waals surface area contributed by atoms with Crippen molar-refractivity contribution in [1.82, 2.24) is 15.1 Å². The van der Waals surface area contributed by atoms with Gasteiger partial charge in [0.05, 0.1) is 11.0 Å². The van der Waals surface area contributed by atoms with Gasteiger partial charge in [0.2, 0.25) is 5.91 Å². The summed E-state index contributed by atoms with van der Waals surface area (Å²) in [6.07, 6.45) is 5.23. The second-order valence-corrected chi connectivity index (χ2v) is 9.15. The van der Waals surface area contributed by atoms with E-state index in [1.807, 2.05) is 18.2 Å². The molecule has 1 aliphatic carbocycles. The number of piperazine rings is 1. The Hall–Kier alpha value is -3.26. The maximum Gasteiger partial charge on any atom is 0.270 e. The molecule has 1 N–H and O–H groups in total. The standard InChI is InChI=1S/C26H32N4O4/c31-25(27-14-13-20-7-2-1-3-8-20)24(21-9-4-5-10-21)28-15-17-29(18-16-28)26(32)22-11-6-12-23(19-22)30(33)34/h1-3,6-8,11-12,19,21,24H,4-5,9-10,13-18H2,(H,27,31). The Morgan fingerprint density at radius 1 is 1.00 bits per heavy atom. The van der Waals surface area contributed by atoms with E-state index in [0.29, 0.717) is 44.2 Å². The monoisotopic (exact) mass is 464 g/mol. The Morgan fingerprint density at radius 3 is 2.38 bits per heavy atom. The Balaban J connectivity index is 1.36. The molecule has 1 aliphatic heterocycles. The summed E-state index contributed by atoms with van der Waals surface area (Å²) >= 11 is 0. The van der Waals surface area contributed by atoms with Gasteiger partial charge < -0.3 is 10.2 Å². The summed E-state index contributed by atoms with van der Waals surface area (Å²) in [5, 5.41) is 14.2. The zero-order valence-corrected chi connectivity index (χ0v) is 19.4. The van der Waals surface area contributed by atoms with Gasteiger partial charge in [-0.25, -0.2) is 0 Å². The van der Waals surface area contributed by atoms with Crippen LogP contribution in [-0.4, -0.2) is 65.3 Å². The number of benzene rings is 2. The molecular formula is C26H32N4O4. The van der Waals surface area contributed by atoms with E-state index in [1.54, 1.807) is 11.0 Å². The highest BCUT2D eigenvalue weighted by Crippen LogP contribution is 2.31. The normalized spacial score (nSPS) is 17.9. The lowest BCUT2D eigenvalue weighted by molar-refractivity contribution is -0.384. The van der Waals surface area contributed by atoms with E-state index in [2.05, 4.69) is 22.3 Å². The number of amides is 2. The Bertz CT molecular complexity index is 999. The summed E-state index contributed by atoms with van der Waals surface area (Å²) in [6, 6.07) is 15.8. The van der Waals surface area contributed by atoms with E-state index >= 15 is 0 Å². The molecule has 0 radical (unpaired) electrons. The van der Waals surface area contributed by atoms with Gasteiger partial charge in [-0.15, -0.1) is 0 Å². The molecule has 2 aromatic carbocycles. The number of nitro benzene ring substituents is 1. The highest BCUT2D eigenvalue weighted by Gasteiger charge is 2.37. The molecule has 2 amide bonds. The lowest BCUT2D eigenvalue weighted by Crippen LogP contribution is -2.58. The van der Waals surface area contributed by atoms with Crippen LogP contribution in [0.3, 0.4) is 0 Å². The third-order valence-electron chi connectivity index (χ3n) is 6.97. The molecule has 34 heavy (non-hydrogen) atoms. The van der Waals surface area contributed by atoms with Crippen LogP contribution in [0.1, 0.15) is 41.6 Å². The van der Waals surface area contributed by atoms with E-state index in [-0.39, 0.29) is 23.5 Å². The maximum atomic E-state index is 13.3. The number of hydrogen-bond donors (Lipinski definition) is 1. The summed E-state index contributed by atoms with van der Waals surface area (Å²) < 4.78 is 0. The third kappa shape index (κ3) is 5.80. The summed E-state index contributed by atoms with van der Waals surface area (Å²) in [5.74, 6) is 0.227. The Labute approximate surface area is 200 Å². The zero-order chi connectivity index (χ0) is 23.9. The fourth-order valence-electron chi connectivity index (χ4n) is 5.17. The number of non-ortho nitro benzene ring substituents is 1. The highest BCUT2D eigenvalue weighted by molar-refractivity contribution is 5.95. The second kappa shape index (κ2) is 11.2. The number of nitrogens with zero attached hydrogens (tertiary/aromatic N) is 3. The zero-order valence-electron chi connectivity index (χ0n) is 19.4. The average molecular weight is 465 g/mol. The van der Waals surface area contributed by atoms with Gasteiger partial charge in [0.25, 0.3) is 11.6 Å². The molecule has 2 aliphatic rings. The number of hydrogen-bond acceptors (Lipinski definition) is 5. The maximum absolute atomic E-state index is 13.3. The third-order valence-corrected chi connectivity index (χ3v) is 6.97. The van der Waals surface area contributed by atoms with Crippen LogP contribution in [-0.2, 0) is 11.2 Å². The highest BCUT2D eigenvalue weighted by atomic mass is 16.6. The molecule has 2 aromatic rings. The van der Waals surface area contributed by atoms with Crippen molar-refractivity contribution in [1.29, 1.82) is 0 Å². The molecule has 8 nitrogen and oxygen atoms in total. The molecule has 0 aromatic heterocycles. The van der Waals surface area contributed by atoms with Crippen molar-refractivity contribution in [2.45, 2.75) is 38.1 Å². The molecule has 8 heteroatoms. The van der Waals surface area contributed by atoms with Gasteiger partial charge in [-0.05, 0) is 36.8 Å². The molecule has 1 atom stereocenters. The number of rotatable bonds is 8. The number of nitrogens with one attached hydrogen (secondary N) is 1. The molecule has 1 heterocycles. The predicted molar refractivity (Wildman–Crippen MR) is 129 cm³/mol. The first kappa shape index (κ1) is 23.9. The van der Waals surface area contributed by atoms with Crippen LogP contribution >= 0.6 is 0 Å². The van der Waals surface area contributed by atoms with E-state index in [4.69, 9.17) is 0 Å². The molecule has 1 saturated carbocycles. The van der Waals surface area contributed by atoms with Crippen molar-refractivity contribution < 1.29 is 14.5 Å². The predicted octanol–water partition coefficient (Wildman–Crippen LogP) is 3.27. The van der Waals surface area contributed by atoms with Crippen molar-refractivity contribution >= 4 is 17.5 Å². The molecule has 1 unspecified atom stereocenters. The van der Waals surface area contributed by atoms with E-state index in [9.17, 15) is 19.7 Å². The largest absolute Gasteiger partial charge is 0.354 e. The molecular weight excluding hydrogens is 432 g/mol. The van der Waals surface area contributed by atoms with Crippen LogP contribution in [0.4, 0.5) is 5.69 Å². The minimum Gasteiger partial charge on any atom is -0.354 e. The summed E-state index contributed by atoms with van der Waals surface area (Å²) in [6.45, 7) is 2.85. The first-order valence-electron chi connectivity index (χ1n) is 12.1. The molecule has 2 fully saturated rings. The Morgan fingerprint density at radius 2 is 1.71 bits per heavy atom. The van der Waals surface area contributed by atoms with Gasteiger partial charge in [-0.2, -0.15) is 0 Å². The minimum atomic E-state index is -0.489. The average Bonchev–Trinajstić information content (AvgIpc) is 3.39. The van der Waals surface area contributed by atoms with Gasteiger partial charge in [-0.3, -0.25) is 24.6 Å². The van der Waals surface area contributed by atoms with Crippen LogP contribution in [0.25, 0.3) is 0 Å². The van der Waals surface area contributed by atoms with Crippen molar-refractivity contribution in [3.63, 3.8) is 0 Å². The first-order valence-corrected chi connectivity index (χ1v) is 12.1. The number of carbonyl (C=O) groups excluding carboxylic acids is 2. The summed E-state index contributed by atoms with van der Waals surface area (Å²) in [5.41, 5.74) is 1.44. The number of carbonyl (C=O) groups is 2. The van der Waals surface area contributed by atoms with Crippen molar-refractivity contribution in [3.8, 4) is 0 Å². The smallest absolute Gasteiger partial charge is 0.270 e. The Kier molecular flexibility index (Phi) is 7.90. The SMILES string of the molecule is O=C(NCCc1ccccc1)C(C1CCCC1)N1CCN(C(=O)c2cccc([N+](=O)[O-])c2)CC1. The van der Waals surface area contributed by atoms with Crippen LogP contribution in [0.5, 0.6) is 0 Å². The van der Waals surface area contributed by atoms with E-state index < -0.39 is 4.92 Å². The lowest BCUT2D eigenvalue weighted by Gasteiger charge is -2.40. The first-order chi connectivity index (χ1) is 16.5. The molecule has 1 saturated heterocycles. The quantitative estimate of drug-likeness (QED) is 0.478. The van der Waals surface area contributed by atoms with Crippen molar-refractivity contribution in [3.05, 3.63) is 75.8 Å². The van der Waals surface area contributed by atoms with Gasteiger partial charge in [0.1, 0.15) is 0 Å². The van der Waals surface area contributed by atoms with E-state index in [1.165, 1.54) is 23.8 Å². The summed E-state index contributed by atoms with van der Waals surface area (Å²) in [4.78, 5) is 40.7.